The Hall–Kier alpha value is 0.970. The van der Waals surface area contributed by atoms with Crippen LogP contribution in [0.15, 0.2) is 0 Å². The van der Waals surface area contributed by atoms with Crippen molar-refractivity contribution in [1.29, 1.82) is 0 Å². The molecule has 0 aromatic heterocycles. The van der Waals surface area contributed by atoms with Crippen molar-refractivity contribution >= 4 is 37.5 Å². The van der Waals surface area contributed by atoms with Crippen LogP contribution in [0.3, 0.4) is 0 Å². The average molecular weight is 348 g/mol. The second kappa shape index (κ2) is 6.82. The summed E-state index contributed by atoms with van der Waals surface area (Å²) in [5, 5.41) is 7.37. The van der Waals surface area contributed by atoms with Crippen LogP contribution in [0.25, 0.3) is 0 Å². The minimum atomic E-state index is -2.75. The fourth-order valence-corrected chi connectivity index (χ4v) is 5.97. The zero-order chi connectivity index (χ0) is 14.7. The number of hydrogen-bond acceptors (Lipinski definition) is 6. The third-order valence-corrected chi connectivity index (χ3v) is 7.15. The van der Waals surface area contributed by atoms with Gasteiger partial charge in [0.2, 0.25) is 11.8 Å². The normalized spacial score (nSPS) is 23.1. The molecule has 0 radical (unpaired) electrons. The van der Waals surface area contributed by atoms with Gasteiger partial charge in [0.25, 0.3) is 0 Å². The Morgan fingerprint density at radius 3 is 2.37 bits per heavy atom. The maximum Gasteiger partial charge on any atom is 0.530 e. The third kappa shape index (κ3) is 6.51. The van der Waals surface area contributed by atoms with Gasteiger partial charge in [0.15, 0.2) is 6.61 Å². The van der Waals surface area contributed by atoms with Crippen LogP contribution in [0.5, 0.6) is 0 Å². The van der Waals surface area contributed by atoms with Crippen LogP contribution >= 0.6 is 13.9 Å². The van der Waals surface area contributed by atoms with E-state index in [-0.39, 0.29) is 17.4 Å². The van der Waals surface area contributed by atoms with Gasteiger partial charge in [0.1, 0.15) is 6.61 Å². The first-order valence-electron chi connectivity index (χ1n) is 5.91. The van der Waals surface area contributed by atoms with Crippen molar-refractivity contribution in [2.24, 2.45) is 10.8 Å². The van der Waals surface area contributed by atoms with E-state index in [1.807, 2.05) is 27.7 Å². The molecule has 5 nitrogen and oxygen atoms in total. The molecule has 1 heterocycles. The zero-order valence-corrected chi connectivity index (χ0v) is 15.1. The molecule has 9 heteroatoms. The molecule has 0 aromatic rings. The molecule has 1 aliphatic rings. The molecule has 0 saturated carbocycles. The Labute approximate surface area is 125 Å². The quantitative estimate of drug-likeness (QED) is 0.543. The van der Waals surface area contributed by atoms with E-state index >= 15 is 0 Å². The second-order valence-corrected chi connectivity index (χ2v) is 11.1. The molecular weight excluding hydrogens is 326 g/mol. The third-order valence-electron chi connectivity index (χ3n) is 2.43. The first-order valence-corrected chi connectivity index (χ1v) is 10.7. The molecule has 0 aliphatic carbocycles. The van der Waals surface area contributed by atoms with Gasteiger partial charge in [-0.2, -0.15) is 0 Å². The SMILES string of the molecule is CC(C)(C[OH2+])CO[P+](=S)OP1(=S)OCC(C)(C)CO1. The van der Waals surface area contributed by atoms with Crippen LogP contribution in [-0.4, -0.2) is 31.5 Å². The molecule has 0 spiro atoms. The molecular formula is C10H22O5P2S2+2. The Bertz CT molecular complexity index is 372. The predicted molar refractivity (Wildman–Crippen MR) is 83.6 cm³/mol. The molecule has 1 fully saturated rings. The van der Waals surface area contributed by atoms with Crippen molar-refractivity contribution in [2.75, 3.05) is 26.4 Å². The molecule has 0 aromatic carbocycles. The molecule has 1 unspecified atom stereocenters. The minimum absolute atomic E-state index is 0.0516. The fourth-order valence-electron chi connectivity index (χ4n) is 1.02. The van der Waals surface area contributed by atoms with Crippen molar-refractivity contribution in [2.45, 2.75) is 27.7 Å². The van der Waals surface area contributed by atoms with Gasteiger partial charge in [-0.05, 0) is 11.8 Å². The lowest BCUT2D eigenvalue weighted by molar-refractivity contribution is 0.0395. The topological polar surface area (TPSA) is 59.8 Å². The lowest BCUT2D eigenvalue weighted by Crippen LogP contribution is -2.29. The Morgan fingerprint density at radius 1 is 1.37 bits per heavy atom. The van der Waals surface area contributed by atoms with Gasteiger partial charge in [-0.3, -0.25) is 0 Å². The summed E-state index contributed by atoms with van der Waals surface area (Å²) in [6.45, 7) is 6.83. The van der Waals surface area contributed by atoms with Crippen LogP contribution in [0.1, 0.15) is 27.7 Å². The average Bonchev–Trinajstić information content (AvgIpc) is 2.32. The van der Waals surface area contributed by atoms with Crippen molar-refractivity contribution in [1.82, 2.24) is 0 Å². The van der Waals surface area contributed by atoms with Crippen molar-refractivity contribution in [3.05, 3.63) is 0 Å². The lowest BCUT2D eigenvalue weighted by Gasteiger charge is -2.33. The van der Waals surface area contributed by atoms with Crippen LogP contribution in [0, 0.1) is 10.8 Å². The van der Waals surface area contributed by atoms with E-state index in [9.17, 15) is 0 Å². The summed E-state index contributed by atoms with van der Waals surface area (Å²) in [6, 6.07) is 0. The van der Waals surface area contributed by atoms with Gasteiger partial charge >= 0.3 is 13.9 Å². The highest BCUT2D eigenvalue weighted by Gasteiger charge is 2.40. The van der Waals surface area contributed by atoms with Crippen LogP contribution < -0.4 is 0 Å². The predicted octanol–water partition coefficient (Wildman–Crippen LogP) is 2.84. The van der Waals surface area contributed by atoms with Gasteiger partial charge < -0.3 is 14.2 Å². The summed E-state index contributed by atoms with van der Waals surface area (Å²) >= 11 is 10.4. The van der Waals surface area contributed by atoms with E-state index in [0.29, 0.717) is 19.8 Å². The van der Waals surface area contributed by atoms with Crippen molar-refractivity contribution < 1.29 is 23.0 Å². The van der Waals surface area contributed by atoms with Crippen molar-refractivity contribution in [3.63, 3.8) is 0 Å². The molecule has 112 valence electrons. The molecule has 0 amide bonds. The summed E-state index contributed by atoms with van der Waals surface area (Å²) in [7, 11) is -1.56. The highest BCUT2D eigenvalue weighted by molar-refractivity contribution is 8.11. The lowest BCUT2D eigenvalue weighted by atomic mass is 9.97. The first-order chi connectivity index (χ1) is 8.58. The summed E-state index contributed by atoms with van der Waals surface area (Å²) in [5.74, 6) is 0. The van der Waals surface area contributed by atoms with Gasteiger partial charge in [-0.25, -0.2) is 0 Å². The van der Waals surface area contributed by atoms with E-state index in [1.165, 1.54) is 0 Å². The Balaban J connectivity index is 2.43. The first kappa shape index (κ1) is 18.0. The molecule has 1 saturated heterocycles. The molecule has 1 rings (SSSR count). The smallest absolute Gasteiger partial charge is 0.445 e. The molecule has 0 bridgehead atoms. The molecule has 19 heavy (non-hydrogen) atoms. The van der Waals surface area contributed by atoms with E-state index in [2.05, 4.69) is 0 Å². The maximum atomic E-state index is 7.37. The highest BCUT2D eigenvalue weighted by atomic mass is 32.5. The highest BCUT2D eigenvalue weighted by Crippen LogP contribution is 2.60. The Morgan fingerprint density at radius 2 is 1.89 bits per heavy atom. The van der Waals surface area contributed by atoms with E-state index in [4.69, 9.17) is 46.6 Å². The second-order valence-electron chi connectivity index (χ2n) is 6.08. The monoisotopic (exact) mass is 348 g/mol. The van der Waals surface area contributed by atoms with Crippen molar-refractivity contribution in [3.8, 4) is 0 Å². The number of hydrogen-bond donors (Lipinski definition) is 0. The summed E-state index contributed by atoms with van der Waals surface area (Å²) in [5.41, 5.74) is -0.296. The van der Waals surface area contributed by atoms with E-state index in [1.54, 1.807) is 0 Å². The minimum Gasteiger partial charge on any atom is -0.445 e. The van der Waals surface area contributed by atoms with Gasteiger partial charge in [-0.1, -0.05) is 32.0 Å². The molecule has 1 atom stereocenters. The van der Waals surface area contributed by atoms with Gasteiger partial charge in [0, 0.05) is 5.41 Å². The van der Waals surface area contributed by atoms with Gasteiger partial charge in [-0.15, -0.1) is 4.52 Å². The Kier molecular flexibility index (Phi) is 6.47. The molecule has 2 N–H and O–H groups in total. The maximum absolute atomic E-state index is 7.37. The van der Waals surface area contributed by atoms with E-state index in [0.717, 1.165) is 0 Å². The summed E-state index contributed by atoms with van der Waals surface area (Å²) < 4.78 is 22.0. The zero-order valence-electron chi connectivity index (χ0n) is 11.7. The van der Waals surface area contributed by atoms with Crippen LogP contribution in [-0.2, 0) is 41.5 Å². The standard InChI is InChI=1S/C10H21O5P2S2/c1-9(2,5-11)6-12-16(18)15-17(19)13-7-10(3,4)8-14-17/h11H,5-8H2,1-4H3/q+1/p+1. The van der Waals surface area contributed by atoms with E-state index < -0.39 is 13.9 Å². The van der Waals surface area contributed by atoms with Gasteiger partial charge in [0.05, 0.1) is 18.6 Å². The largest absolute Gasteiger partial charge is 0.530 e. The summed E-state index contributed by atoms with van der Waals surface area (Å²) in [6.07, 6.45) is 0. The van der Waals surface area contributed by atoms with Crippen LogP contribution in [0.4, 0.5) is 0 Å². The molecule has 1 aliphatic heterocycles. The van der Waals surface area contributed by atoms with Crippen LogP contribution in [0.2, 0.25) is 0 Å². The number of rotatable bonds is 6. The summed E-state index contributed by atoms with van der Waals surface area (Å²) in [4.78, 5) is 0. The fraction of sp³-hybridized carbons (Fsp3) is 1.00.